The number of anilines is 2. The van der Waals surface area contributed by atoms with Gasteiger partial charge in [-0.3, -0.25) is 0 Å². The van der Waals surface area contributed by atoms with Gasteiger partial charge in [0, 0.05) is 0 Å². The molecule has 0 fully saturated rings. The molecule has 0 saturated carbocycles. The van der Waals surface area contributed by atoms with Crippen LogP contribution < -0.4 is 11.1 Å². The summed E-state index contributed by atoms with van der Waals surface area (Å²) in [6, 6.07) is 0. The summed E-state index contributed by atoms with van der Waals surface area (Å²) in [5.74, 6) is 1.10. The van der Waals surface area contributed by atoms with Gasteiger partial charge in [0.2, 0.25) is 0 Å². The van der Waals surface area contributed by atoms with Gasteiger partial charge in [0.25, 0.3) is 0 Å². The van der Waals surface area contributed by atoms with Crippen molar-refractivity contribution in [2.24, 2.45) is 0 Å². The third kappa shape index (κ3) is 2.13. The van der Waals surface area contributed by atoms with Gasteiger partial charge < -0.3 is 11.1 Å². The molecule has 0 amide bonds. The maximum Gasteiger partial charge on any atom is 0.144 e. The topological polar surface area (TPSA) is 89.6 Å². The third-order valence-corrected chi connectivity index (χ3v) is 2.18. The lowest BCUT2D eigenvalue weighted by Gasteiger charge is -2.01. The molecule has 0 spiro atoms. The predicted octanol–water partition coefficient (Wildman–Crippen LogP) is 0.522. The Kier molecular flexibility index (Phi) is 2.50. The molecule has 0 radical (unpaired) electrons. The summed E-state index contributed by atoms with van der Waals surface area (Å²) in [7, 11) is 0. The summed E-state index contributed by atoms with van der Waals surface area (Å²) < 4.78 is 3.74. The van der Waals surface area contributed by atoms with E-state index in [0.29, 0.717) is 18.2 Å². The maximum absolute atomic E-state index is 5.40. The molecule has 14 heavy (non-hydrogen) atoms. The Bertz CT molecular complexity index is 383. The van der Waals surface area contributed by atoms with Crippen LogP contribution in [0.4, 0.5) is 11.6 Å². The minimum absolute atomic E-state index is 0.412. The average Bonchev–Trinajstić information content (AvgIpc) is 2.70. The van der Waals surface area contributed by atoms with E-state index in [1.807, 2.05) is 0 Å². The highest BCUT2D eigenvalue weighted by atomic mass is 32.1. The Morgan fingerprint density at radius 1 is 1.29 bits per heavy atom. The Morgan fingerprint density at radius 2 is 2.21 bits per heavy atom. The van der Waals surface area contributed by atoms with Crippen LogP contribution in [0.5, 0.6) is 0 Å². The van der Waals surface area contributed by atoms with Gasteiger partial charge in [-0.1, -0.05) is 4.49 Å². The number of nitrogens with one attached hydrogen (secondary N) is 1. The van der Waals surface area contributed by atoms with Gasteiger partial charge in [-0.15, -0.1) is 5.10 Å². The fourth-order valence-corrected chi connectivity index (χ4v) is 1.30. The monoisotopic (exact) mass is 208 g/mol. The summed E-state index contributed by atoms with van der Waals surface area (Å²) in [5, 5.41) is 6.80. The molecule has 72 valence electrons. The highest BCUT2D eigenvalue weighted by molar-refractivity contribution is 7.05. The Morgan fingerprint density at radius 3 is 2.86 bits per heavy atom. The zero-order valence-corrected chi connectivity index (χ0v) is 8.03. The van der Waals surface area contributed by atoms with Crippen molar-refractivity contribution in [3.63, 3.8) is 0 Å². The van der Waals surface area contributed by atoms with Crippen LogP contribution in [0.2, 0.25) is 0 Å². The van der Waals surface area contributed by atoms with Crippen LogP contribution >= 0.6 is 11.5 Å². The number of nitrogen functional groups attached to an aromatic ring is 1. The van der Waals surface area contributed by atoms with Crippen LogP contribution in [0, 0.1) is 0 Å². The van der Waals surface area contributed by atoms with Crippen molar-refractivity contribution in [2.75, 3.05) is 11.1 Å². The molecule has 2 rings (SSSR count). The quantitative estimate of drug-likeness (QED) is 0.764. The fourth-order valence-electron chi connectivity index (χ4n) is 0.872. The summed E-state index contributed by atoms with van der Waals surface area (Å²) >= 11 is 1.35. The van der Waals surface area contributed by atoms with E-state index >= 15 is 0 Å². The van der Waals surface area contributed by atoms with E-state index in [1.165, 1.54) is 17.7 Å². The molecule has 0 aliphatic heterocycles. The molecule has 0 aliphatic carbocycles. The molecule has 2 aromatic rings. The lowest BCUT2D eigenvalue weighted by atomic mass is 10.5. The summed E-state index contributed by atoms with van der Waals surface area (Å²) in [5.41, 5.74) is 5.40. The molecule has 0 aromatic carbocycles. The van der Waals surface area contributed by atoms with E-state index in [4.69, 9.17) is 5.73 Å². The largest absolute Gasteiger partial charge is 0.382 e. The van der Waals surface area contributed by atoms with Crippen LogP contribution in [0.15, 0.2) is 18.6 Å². The lowest BCUT2D eigenvalue weighted by Crippen LogP contribution is -2.01. The molecule has 0 unspecified atom stereocenters. The fraction of sp³-hybridized carbons (Fsp3) is 0.143. The van der Waals surface area contributed by atoms with Crippen LogP contribution in [-0.2, 0) is 6.54 Å². The molecule has 7 heteroatoms. The molecule has 2 aromatic heterocycles. The summed E-state index contributed by atoms with van der Waals surface area (Å²) in [6.45, 7) is 0.649. The second kappa shape index (κ2) is 3.97. The van der Waals surface area contributed by atoms with E-state index < -0.39 is 0 Å². The zero-order chi connectivity index (χ0) is 9.80. The smallest absolute Gasteiger partial charge is 0.144 e. The Balaban J connectivity index is 1.95. The van der Waals surface area contributed by atoms with E-state index in [-0.39, 0.29) is 0 Å². The minimum atomic E-state index is 0.412. The highest BCUT2D eigenvalue weighted by Crippen LogP contribution is 2.06. The normalized spacial score (nSPS) is 10.0. The van der Waals surface area contributed by atoms with Crippen molar-refractivity contribution in [1.82, 2.24) is 19.6 Å². The van der Waals surface area contributed by atoms with Crippen LogP contribution in [-0.4, -0.2) is 19.6 Å². The van der Waals surface area contributed by atoms with Crippen molar-refractivity contribution in [3.05, 3.63) is 23.5 Å². The van der Waals surface area contributed by atoms with E-state index in [9.17, 15) is 0 Å². The van der Waals surface area contributed by atoms with Crippen molar-refractivity contribution in [2.45, 2.75) is 6.54 Å². The molecule has 0 bridgehead atoms. The third-order valence-electron chi connectivity index (χ3n) is 1.52. The molecule has 3 N–H and O–H groups in total. The van der Waals surface area contributed by atoms with E-state index in [0.717, 1.165) is 4.88 Å². The number of nitrogens with two attached hydrogens (primary N) is 1. The Hall–Kier alpha value is -1.76. The molecule has 0 saturated heterocycles. The van der Waals surface area contributed by atoms with Gasteiger partial charge in [-0.25, -0.2) is 9.97 Å². The van der Waals surface area contributed by atoms with Gasteiger partial charge in [0.05, 0.1) is 30.0 Å². The first-order valence-corrected chi connectivity index (χ1v) is 4.69. The Labute approximate surface area is 84.4 Å². The second-order valence-electron chi connectivity index (χ2n) is 2.56. The van der Waals surface area contributed by atoms with Gasteiger partial charge >= 0.3 is 0 Å². The van der Waals surface area contributed by atoms with Gasteiger partial charge in [-0.05, 0) is 11.5 Å². The maximum atomic E-state index is 5.40. The average molecular weight is 208 g/mol. The molecular formula is C7H8N6S. The minimum Gasteiger partial charge on any atom is -0.382 e. The standard InChI is InChI=1S/C7H8N6S/c8-6-3-11-7(4-9-6)10-1-5-2-12-13-14-5/h2-4H,1H2,(H2,8,9)(H,10,11). The van der Waals surface area contributed by atoms with Crippen molar-refractivity contribution >= 4 is 23.2 Å². The first kappa shape index (κ1) is 8.82. The molecule has 2 heterocycles. The first-order valence-electron chi connectivity index (χ1n) is 3.92. The second-order valence-corrected chi connectivity index (χ2v) is 3.43. The van der Waals surface area contributed by atoms with Crippen LogP contribution in [0.25, 0.3) is 0 Å². The molecule has 0 atom stereocenters. The van der Waals surface area contributed by atoms with Crippen molar-refractivity contribution in [1.29, 1.82) is 0 Å². The summed E-state index contributed by atoms with van der Waals surface area (Å²) in [6.07, 6.45) is 4.81. The van der Waals surface area contributed by atoms with Gasteiger partial charge in [0.1, 0.15) is 11.6 Å². The first-order chi connectivity index (χ1) is 6.84. The number of rotatable bonds is 3. The highest BCUT2D eigenvalue weighted by Gasteiger charge is 1.97. The molecule has 0 aliphatic rings. The SMILES string of the molecule is Nc1cnc(NCc2cnns2)cn1. The lowest BCUT2D eigenvalue weighted by molar-refractivity contribution is 1.09. The molecular weight excluding hydrogens is 200 g/mol. The van der Waals surface area contributed by atoms with Crippen LogP contribution in [0.3, 0.4) is 0 Å². The van der Waals surface area contributed by atoms with Gasteiger partial charge in [0.15, 0.2) is 0 Å². The zero-order valence-electron chi connectivity index (χ0n) is 7.21. The number of hydrogen-bond donors (Lipinski definition) is 2. The van der Waals surface area contributed by atoms with E-state index in [1.54, 1.807) is 12.4 Å². The number of nitrogens with zero attached hydrogens (tertiary/aromatic N) is 4. The molecule has 6 nitrogen and oxygen atoms in total. The number of aromatic nitrogens is 4. The van der Waals surface area contributed by atoms with Crippen LogP contribution in [0.1, 0.15) is 4.88 Å². The van der Waals surface area contributed by atoms with Gasteiger partial charge in [-0.2, -0.15) is 0 Å². The van der Waals surface area contributed by atoms with Crippen molar-refractivity contribution in [3.8, 4) is 0 Å². The predicted molar refractivity (Wildman–Crippen MR) is 53.7 cm³/mol. The van der Waals surface area contributed by atoms with Crippen molar-refractivity contribution < 1.29 is 0 Å². The van der Waals surface area contributed by atoms with E-state index in [2.05, 4.69) is 24.9 Å². The summed E-state index contributed by atoms with van der Waals surface area (Å²) in [4.78, 5) is 8.99. The number of hydrogen-bond acceptors (Lipinski definition) is 7.